The lowest BCUT2D eigenvalue weighted by Gasteiger charge is -2.26. The third kappa shape index (κ3) is 4.94. The number of aromatic nitrogens is 2. The molecular weight excluding hydrogens is 358 g/mol. The Kier molecular flexibility index (Phi) is 7.00. The number of rotatable bonds is 6. The molecule has 0 saturated carbocycles. The minimum Gasteiger partial charge on any atom is -0.344 e. The number of likely N-dealkylation sites (tertiary alicyclic amines) is 1. The van der Waals surface area contributed by atoms with Crippen LogP contribution in [0, 0.1) is 0 Å². The Morgan fingerprint density at radius 1 is 1.38 bits per heavy atom. The van der Waals surface area contributed by atoms with E-state index in [1.165, 1.54) is 0 Å². The summed E-state index contributed by atoms with van der Waals surface area (Å²) >= 11 is 0. The van der Waals surface area contributed by atoms with Crippen molar-refractivity contribution >= 4 is 24.2 Å². The quantitative estimate of drug-likeness (QED) is 0.784. The van der Waals surface area contributed by atoms with Crippen LogP contribution in [0.25, 0.3) is 0 Å². The van der Waals surface area contributed by atoms with Gasteiger partial charge in [-0.2, -0.15) is 4.98 Å². The van der Waals surface area contributed by atoms with E-state index in [9.17, 15) is 9.59 Å². The summed E-state index contributed by atoms with van der Waals surface area (Å²) in [4.78, 5) is 32.4. The van der Waals surface area contributed by atoms with Crippen molar-refractivity contribution in [3.8, 4) is 0 Å². The van der Waals surface area contributed by atoms with E-state index in [4.69, 9.17) is 4.52 Å². The van der Waals surface area contributed by atoms with Crippen molar-refractivity contribution < 1.29 is 14.1 Å². The van der Waals surface area contributed by atoms with Gasteiger partial charge in [-0.25, -0.2) is 0 Å². The normalized spacial score (nSPS) is 22.3. The maximum Gasteiger partial charge on any atom is 0.241 e. The number of carbonyl (C=O) groups is 2. The van der Waals surface area contributed by atoms with Crippen molar-refractivity contribution in [2.45, 2.75) is 57.5 Å². The molecule has 2 aliphatic rings. The van der Waals surface area contributed by atoms with Gasteiger partial charge < -0.3 is 19.6 Å². The predicted octanol–water partition coefficient (Wildman–Crippen LogP) is 0.969. The van der Waals surface area contributed by atoms with Gasteiger partial charge in [0, 0.05) is 51.0 Å². The van der Waals surface area contributed by atoms with Crippen LogP contribution in [0.4, 0.5) is 0 Å². The fourth-order valence-electron chi connectivity index (χ4n) is 3.35. The second kappa shape index (κ2) is 8.81. The number of amides is 2. The molecule has 0 unspecified atom stereocenters. The van der Waals surface area contributed by atoms with Gasteiger partial charge in [-0.3, -0.25) is 9.59 Å². The minimum atomic E-state index is -0.0568. The first-order chi connectivity index (χ1) is 11.9. The minimum absolute atomic E-state index is 0. The monoisotopic (exact) mass is 385 g/mol. The molecule has 2 amide bonds. The molecule has 1 aromatic rings. The van der Waals surface area contributed by atoms with E-state index < -0.39 is 0 Å². The lowest BCUT2D eigenvalue weighted by atomic mass is 10.1. The van der Waals surface area contributed by atoms with Crippen LogP contribution in [0.3, 0.4) is 0 Å². The summed E-state index contributed by atoms with van der Waals surface area (Å²) in [7, 11) is 1.75. The van der Waals surface area contributed by atoms with Gasteiger partial charge in [-0.05, 0) is 12.8 Å². The number of nitrogens with one attached hydrogen (secondary N) is 1. The Balaban J connectivity index is 0.00000243. The molecule has 8 nitrogen and oxygen atoms in total. The summed E-state index contributed by atoms with van der Waals surface area (Å²) in [6.45, 7) is 5.25. The number of hydrogen-bond acceptors (Lipinski definition) is 6. The van der Waals surface area contributed by atoms with E-state index in [1.807, 2.05) is 13.8 Å². The highest BCUT2D eigenvalue weighted by Gasteiger charge is 2.34. The zero-order valence-corrected chi connectivity index (χ0v) is 16.4. The maximum atomic E-state index is 12.5. The lowest BCUT2D eigenvalue weighted by molar-refractivity contribution is -0.139. The largest absolute Gasteiger partial charge is 0.344 e. The van der Waals surface area contributed by atoms with E-state index in [0.717, 1.165) is 12.8 Å². The summed E-state index contributed by atoms with van der Waals surface area (Å²) in [5.74, 6) is 1.43. The first kappa shape index (κ1) is 20.6. The summed E-state index contributed by atoms with van der Waals surface area (Å²) in [6.07, 6.45) is 3.17. The van der Waals surface area contributed by atoms with Gasteiger partial charge in [0.05, 0.1) is 6.54 Å². The van der Waals surface area contributed by atoms with E-state index in [2.05, 4.69) is 15.5 Å². The topological polar surface area (TPSA) is 91.6 Å². The van der Waals surface area contributed by atoms with Crippen LogP contribution in [-0.2, 0) is 16.0 Å². The SMILES string of the molecule is CC(C)c1nc(CCN(C)C(=O)CN2C[C@@H]3CC[C@H](CC2=O)N3)no1.Cl. The molecule has 2 aliphatic heterocycles. The average Bonchev–Trinajstić information content (AvgIpc) is 3.17. The Labute approximate surface area is 160 Å². The van der Waals surface area contributed by atoms with Crippen LogP contribution in [0.1, 0.15) is 50.7 Å². The van der Waals surface area contributed by atoms with Crippen LogP contribution in [0.15, 0.2) is 4.52 Å². The van der Waals surface area contributed by atoms with Crippen LogP contribution in [-0.4, -0.2) is 70.5 Å². The Morgan fingerprint density at radius 2 is 2.12 bits per heavy atom. The molecule has 0 aromatic carbocycles. The van der Waals surface area contributed by atoms with Crippen LogP contribution >= 0.6 is 12.4 Å². The molecule has 26 heavy (non-hydrogen) atoms. The molecule has 3 rings (SSSR count). The zero-order valence-electron chi connectivity index (χ0n) is 15.6. The molecule has 2 fully saturated rings. The first-order valence-corrected chi connectivity index (χ1v) is 9.02. The number of hydrogen-bond donors (Lipinski definition) is 1. The van der Waals surface area contributed by atoms with Gasteiger partial charge in [0.2, 0.25) is 17.7 Å². The van der Waals surface area contributed by atoms with E-state index in [-0.39, 0.29) is 42.7 Å². The third-order valence-electron chi connectivity index (χ3n) is 4.95. The van der Waals surface area contributed by atoms with Gasteiger partial charge in [0.1, 0.15) is 0 Å². The van der Waals surface area contributed by atoms with Crippen molar-refractivity contribution in [1.29, 1.82) is 0 Å². The standard InChI is InChI=1S/C17H27N5O3.ClH/c1-11(2)17-19-14(20-25-17)6-7-21(3)16(24)10-22-9-13-5-4-12(18-13)8-15(22)23;/h11-13,18H,4-10H2,1-3H3;1H/t12-,13+;/m1./s1. The molecule has 0 spiro atoms. The van der Waals surface area contributed by atoms with Crippen molar-refractivity contribution in [2.75, 3.05) is 26.7 Å². The molecule has 3 heterocycles. The molecule has 0 radical (unpaired) electrons. The molecule has 1 N–H and O–H groups in total. The Hall–Kier alpha value is -1.67. The van der Waals surface area contributed by atoms with Gasteiger partial charge in [-0.1, -0.05) is 19.0 Å². The second-order valence-electron chi connectivity index (χ2n) is 7.39. The molecular formula is C17H28ClN5O3. The molecule has 2 bridgehead atoms. The summed E-state index contributed by atoms with van der Waals surface area (Å²) in [5.41, 5.74) is 0. The lowest BCUT2D eigenvalue weighted by Crippen LogP contribution is -2.44. The average molecular weight is 386 g/mol. The summed E-state index contributed by atoms with van der Waals surface area (Å²) in [5, 5.41) is 7.40. The van der Waals surface area contributed by atoms with Crippen molar-refractivity contribution in [3.63, 3.8) is 0 Å². The molecule has 146 valence electrons. The third-order valence-corrected chi connectivity index (χ3v) is 4.95. The van der Waals surface area contributed by atoms with Gasteiger partial charge in [0.25, 0.3) is 0 Å². The zero-order chi connectivity index (χ0) is 18.0. The Bertz CT molecular complexity index is 636. The fraction of sp³-hybridized carbons (Fsp3) is 0.765. The van der Waals surface area contributed by atoms with Gasteiger partial charge in [-0.15, -0.1) is 12.4 Å². The highest BCUT2D eigenvalue weighted by Crippen LogP contribution is 2.21. The second-order valence-corrected chi connectivity index (χ2v) is 7.39. The van der Waals surface area contributed by atoms with Crippen molar-refractivity contribution in [3.05, 3.63) is 11.7 Å². The van der Waals surface area contributed by atoms with E-state index in [1.54, 1.807) is 16.8 Å². The van der Waals surface area contributed by atoms with Gasteiger partial charge in [0.15, 0.2) is 5.82 Å². The molecule has 0 aliphatic carbocycles. The summed E-state index contributed by atoms with van der Waals surface area (Å²) in [6, 6.07) is 0.604. The number of fused-ring (bicyclic) bond motifs is 2. The van der Waals surface area contributed by atoms with Crippen molar-refractivity contribution in [1.82, 2.24) is 25.3 Å². The Morgan fingerprint density at radius 3 is 2.81 bits per heavy atom. The van der Waals surface area contributed by atoms with E-state index in [0.29, 0.717) is 43.7 Å². The van der Waals surface area contributed by atoms with E-state index >= 15 is 0 Å². The van der Waals surface area contributed by atoms with Crippen LogP contribution < -0.4 is 5.32 Å². The van der Waals surface area contributed by atoms with Gasteiger partial charge >= 0.3 is 0 Å². The fourth-order valence-corrected chi connectivity index (χ4v) is 3.35. The van der Waals surface area contributed by atoms with Crippen LogP contribution in [0.5, 0.6) is 0 Å². The molecule has 2 atom stereocenters. The molecule has 1 aromatic heterocycles. The predicted molar refractivity (Wildman–Crippen MR) is 98.1 cm³/mol. The highest BCUT2D eigenvalue weighted by molar-refractivity contribution is 5.85. The summed E-state index contributed by atoms with van der Waals surface area (Å²) < 4.78 is 5.17. The van der Waals surface area contributed by atoms with Crippen LogP contribution in [0.2, 0.25) is 0 Å². The van der Waals surface area contributed by atoms with Crippen molar-refractivity contribution in [2.24, 2.45) is 0 Å². The highest BCUT2D eigenvalue weighted by atomic mass is 35.5. The molecule has 9 heteroatoms. The number of halogens is 1. The maximum absolute atomic E-state index is 12.5. The number of nitrogens with zero attached hydrogens (tertiary/aromatic N) is 4. The number of likely N-dealkylation sites (N-methyl/N-ethyl adjacent to an activating group) is 1. The molecule has 2 saturated heterocycles. The smallest absolute Gasteiger partial charge is 0.241 e. The first-order valence-electron chi connectivity index (χ1n) is 9.02. The number of carbonyl (C=O) groups excluding carboxylic acids is 2.